The van der Waals surface area contributed by atoms with Crippen molar-refractivity contribution in [1.29, 1.82) is 0 Å². The Morgan fingerprint density at radius 3 is 2.26 bits per heavy atom. The Kier molecular flexibility index (Phi) is 4.35. The quantitative estimate of drug-likeness (QED) is 0.859. The van der Waals surface area contributed by atoms with Gasteiger partial charge in [0.1, 0.15) is 0 Å². The van der Waals surface area contributed by atoms with Crippen molar-refractivity contribution in [1.82, 2.24) is 0 Å². The largest absolute Gasteiger partial charge is 0.388 e. The third-order valence-electron chi connectivity index (χ3n) is 3.17. The molecule has 2 aromatic carbocycles. The zero-order valence-electron chi connectivity index (χ0n) is 10.6. The van der Waals surface area contributed by atoms with E-state index in [-0.39, 0.29) is 5.78 Å². The van der Waals surface area contributed by atoms with Crippen LogP contribution in [0, 0.1) is 5.92 Å². The minimum Gasteiger partial charge on any atom is -0.388 e. The highest BCUT2D eigenvalue weighted by molar-refractivity contribution is 6.31. The van der Waals surface area contributed by atoms with Crippen LogP contribution in [-0.2, 0) is 0 Å². The molecule has 0 aromatic heterocycles. The number of aliphatic hydroxyl groups excluding tert-OH is 1. The van der Waals surface area contributed by atoms with Gasteiger partial charge in [0.25, 0.3) is 0 Å². The number of hydrogen-bond donors (Lipinski definition) is 1. The third-order valence-corrected chi connectivity index (χ3v) is 3.51. The molecule has 0 aliphatic carbocycles. The standard InChI is InChI=1S/C16H15ClO2/c1-11(15(18)12-7-3-2-4-8-12)16(19)13-9-5-6-10-14(13)17/h2-11,16,19H,1H3. The molecule has 19 heavy (non-hydrogen) atoms. The second-order valence-corrected chi connectivity index (χ2v) is 4.89. The van der Waals surface area contributed by atoms with Crippen LogP contribution in [0.5, 0.6) is 0 Å². The Balaban J connectivity index is 2.23. The molecule has 0 radical (unpaired) electrons. The summed E-state index contributed by atoms with van der Waals surface area (Å²) in [4.78, 5) is 12.3. The highest BCUT2D eigenvalue weighted by atomic mass is 35.5. The molecular formula is C16H15ClO2. The van der Waals surface area contributed by atoms with Crippen molar-refractivity contribution in [2.45, 2.75) is 13.0 Å². The first kappa shape index (κ1) is 13.8. The molecule has 2 nitrogen and oxygen atoms in total. The van der Waals surface area contributed by atoms with Crippen LogP contribution in [0.25, 0.3) is 0 Å². The average molecular weight is 275 g/mol. The molecule has 98 valence electrons. The Bertz CT molecular complexity index is 566. The maximum Gasteiger partial charge on any atom is 0.168 e. The minimum absolute atomic E-state index is 0.0898. The van der Waals surface area contributed by atoms with Crippen LogP contribution in [-0.4, -0.2) is 10.9 Å². The van der Waals surface area contributed by atoms with Crippen molar-refractivity contribution < 1.29 is 9.90 Å². The van der Waals surface area contributed by atoms with E-state index in [1.54, 1.807) is 43.3 Å². The van der Waals surface area contributed by atoms with E-state index in [9.17, 15) is 9.90 Å². The van der Waals surface area contributed by atoms with E-state index in [0.717, 1.165) is 0 Å². The predicted molar refractivity (Wildman–Crippen MR) is 76.3 cm³/mol. The van der Waals surface area contributed by atoms with Crippen molar-refractivity contribution in [2.75, 3.05) is 0 Å². The Hall–Kier alpha value is -1.64. The Morgan fingerprint density at radius 1 is 1.05 bits per heavy atom. The monoisotopic (exact) mass is 274 g/mol. The molecule has 0 heterocycles. The summed E-state index contributed by atoms with van der Waals surface area (Å²) in [5.74, 6) is -0.629. The van der Waals surface area contributed by atoms with E-state index in [1.807, 2.05) is 18.2 Å². The SMILES string of the molecule is CC(C(=O)c1ccccc1)C(O)c1ccccc1Cl. The number of hydrogen-bond acceptors (Lipinski definition) is 2. The van der Waals surface area contributed by atoms with E-state index in [1.165, 1.54) is 0 Å². The maximum absolute atomic E-state index is 12.3. The van der Waals surface area contributed by atoms with E-state index in [2.05, 4.69) is 0 Å². The van der Waals surface area contributed by atoms with Gasteiger partial charge in [0.2, 0.25) is 0 Å². The van der Waals surface area contributed by atoms with Gasteiger partial charge < -0.3 is 5.11 Å². The summed E-state index contributed by atoms with van der Waals surface area (Å²) in [5, 5.41) is 10.8. The molecule has 2 aromatic rings. The molecule has 0 aliphatic rings. The summed E-state index contributed by atoms with van der Waals surface area (Å²) in [6.45, 7) is 1.71. The molecule has 0 spiro atoms. The lowest BCUT2D eigenvalue weighted by atomic mass is 9.90. The molecule has 2 atom stereocenters. The number of Topliss-reactive ketones (excluding diaryl/α,β-unsaturated/α-hetero) is 1. The first-order valence-corrected chi connectivity index (χ1v) is 6.51. The van der Waals surface area contributed by atoms with Crippen LogP contribution >= 0.6 is 11.6 Å². The summed E-state index contributed by atoms with van der Waals surface area (Å²) in [5.41, 5.74) is 1.18. The fourth-order valence-electron chi connectivity index (χ4n) is 1.99. The second kappa shape index (κ2) is 6.00. The van der Waals surface area contributed by atoms with Gasteiger partial charge in [-0.2, -0.15) is 0 Å². The predicted octanol–water partition coefficient (Wildman–Crippen LogP) is 3.89. The van der Waals surface area contributed by atoms with Gasteiger partial charge >= 0.3 is 0 Å². The van der Waals surface area contributed by atoms with Gasteiger partial charge in [-0.1, -0.05) is 67.1 Å². The number of benzene rings is 2. The minimum atomic E-state index is -0.901. The molecular weight excluding hydrogens is 260 g/mol. The van der Waals surface area contributed by atoms with Gasteiger partial charge in [-0.15, -0.1) is 0 Å². The molecule has 0 bridgehead atoms. The van der Waals surface area contributed by atoms with Crippen molar-refractivity contribution >= 4 is 17.4 Å². The second-order valence-electron chi connectivity index (χ2n) is 4.49. The zero-order valence-corrected chi connectivity index (χ0v) is 11.3. The van der Waals surface area contributed by atoms with E-state index in [0.29, 0.717) is 16.1 Å². The van der Waals surface area contributed by atoms with Crippen LogP contribution in [0.1, 0.15) is 28.9 Å². The summed E-state index contributed by atoms with van der Waals surface area (Å²) in [6.07, 6.45) is -0.901. The molecule has 2 unspecified atom stereocenters. The summed E-state index contributed by atoms with van der Waals surface area (Å²) in [6, 6.07) is 16.0. The lowest BCUT2D eigenvalue weighted by Crippen LogP contribution is -2.19. The highest BCUT2D eigenvalue weighted by Gasteiger charge is 2.25. The molecule has 3 heteroatoms. The Morgan fingerprint density at radius 2 is 1.63 bits per heavy atom. The van der Waals surface area contributed by atoms with Gasteiger partial charge in [0.05, 0.1) is 6.10 Å². The Labute approximate surface area is 117 Å². The van der Waals surface area contributed by atoms with Crippen LogP contribution in [0.4, 0.5) is 0 Å². The van der Waals surface area contributed by atoms with E-state index in [4.69, 9.17) is 11.6 Å². The smallest absolute Gasteiger partial charge is 0.168 e. The van der Waals surface area contributed by atoms with Crippen LogP contribution < -0.4 is 0 Å². The van der Waals surface area contributed by atoms with Crippen molar-refractivity contribution in [3.05, 3.63) is 70.7 Å². The normalized spacial score (nSPS) is 13.8. The van der Waals surface area contributed by atoms with Crippen molar-refractivity contribution in [2.24, 2.45) is 5.92 Å². The fraction of sp³-hybridized carbons (Fsp3) is 0.188. The van der Waals surface area contributed by atoms with Gasteiger partial charge in [-0.05, 0) is 11.6 Å². The topological polar surface area (TPSA) is 37.3 Å². The maximum atomic E-state index is 12.3. The van der Waals surface area contributed by atoms with Crippen molar-refractivity contribution in [3.63, 3.8) is 0 Å². The van der Waals surface area contributed by atoms with Gasteiger partial charge in [-0.3, -0.25) is 4.79 Å². The summed E-state index contributed by atoms with van der Waals surface area (Å²) >= 11 is 6.04. The number of carbonyl (C=O) groups is 1. The summed E-state index contributed by atoms with van der Waals surface area (Å²) in [7, 11) is 0. The molecule has 0 saturated heterocycles. The third kappa shape index (κ3) is 3.03. The highest BCUT2D eigenvalue weighted by Crippen LogP contribution is 2.29. The average Bonchev–Trinajstić information content (AvgIpc) is 2.46. The van der Waals surface area contributed by atoms with Crippen molar-refractivity contribution in [3.8, 4) is 0 Å². The van der Waals surface area contributed by atoms with Crippen LogP contribution in [0.3, 0.4) is 0 Å². The molecule has 0 amide bonds. The molecule has 0 fully saturated rings. The van der Waals surface area contributed by atoms with Gasteiger partial charge in [-0.25, -0.2) is 0 Å². The van der Waals surface area contributed by atoms with E-state index < -0.39 is 12.0 Å². The van der Waals surface area contributed by atoms with Crippen LogP contribution in [0.15, 0.2) is 54.6 Å². The first-order chi connectivity index (χ1) is 9.11. The van der Waals surface area contributed by atoms with Crippen LogP contribution in [0.2, 0.25) is 5.02 Å². The number of aliphatic hydroxyl groups is 1. The fourth-order valence-corrected chi connectivity index (χ4v) is 2.24. The number of ketones is 1. The number of halogens is 1. The number of rotatable bonds is 4. The lowest BCUT2D eigenvalue weighted by Gasteiger charge is -2.19. The molecule has 1 N–H and O–H groups in total. The van der Waals surface area contributed by atoms with Gasteiger partial charge in [0, 0.05) is 16.5 Å². The first-order valence-electron chi connectivity index (χ1n) is 6.13. The molecule has 2 rings (SSSR count). The van der Waals surface area contributed by atoms with E-state index >= 15 is 0 Å². The van der Waals surface area contributed by atoms with Gasteiger partial charge in [0.15, 0.2) is 5.78 Å². The molecule has 0 aliphatic heterocycles. The number of carbonyl (C=O) groups excluding carboxylic acids is 1. The summed E-state index contributed by atoms with van der Waals surface area (Å²) < 4.78 is 0. The molecule has 0 saturated carbocycles. The lowest BCUT2D eigenvalue weighted by molar-refractivity contribution is 0.0714. The zero-order chi connectivity index (χ0) is 13.8.